The van der Waals surface area contributed by atoms with Gasteiger partial charge in [-0.2, -0.15) is 5.10 Å². The van der Waals surface area contributed by atoms with E-state index >= 15 is 0 Å². The molecule has 3 heterocycles. The number of benzene rings is 2. The fourth-order valence-electron chi connectivity index (χ4n) is 2.85. The Morgan fingerprint density at radius 1 is 1.00 bits per heavy atom. The molecule has 0 radical (unpaired) electrons. The number of fused-ring (bicyclic) bond motifs is 3. The monoisotopic (exact) mass is 346 g/mol. The zero-order chi connectivity index (χ0) is 16.6. The third-order valence-corrected chi connectivity index (χ3v) is 5.09. The molecular formula is C18H14N6S. The minimum Gasteiger partial charge on any atom is -0.254 e. The van der Waals surface area contributed by atoms with Crippen molar-refractivity contribution in [3.05, 3.63) is 72.6 Å². The molecule has 5 rings (SSSR count). The number of aromatic amines is 1. The molecule has 7 heteroatoms. The molecule has 1 N–H and O–H groups in total. The average molecular weight is 346 g/mol. The summed E-state index contributed by atoms with van der Waals surface area (Å²) in [5.74, 6) is 1.61. The van der Waals surface area contributed by atoms with Gasteiger partial charge in [-0.15, -0.1) is 5.10 Å². The summed E-state index contributed by atoms with van der Waals surface area (Å²) in [6.45, 7) is 0. The zero-order valence-corrected chi connectivity index (χ0v) is 14.0. The second kappa shape index (κ2) is 5.78. The van der Waals surface area contributed by atoms with Crippen LogP contribution in [0.25, 0.3) is 22.5 Å². The molecule has 0 aliphatic carbocycles. The molecule has 0 spiro atoms. The van der Waals surface area contributed by atoms with Crippen LogP contribution in [0.3, 0.4) is 0 Å². The lowest BCUT2D eigenvalue weighted by Crippen LogP contribution is -1.94. The van der Waals surface area contributed by atoms with Gasteiger partial charge in [0.15, 0.2) is 5.16 Å². The number of hydrogen-bond acceptors (Lipinski definition) is 4. The Labute approximate surface area is 147 Å². The summed E-state index contributed by atoms with van der Waals surface area (Å²) in [6, 6.07) is 18.4. The lowest BCUT2D eigenvalue weighted by atomic mass is 10.2. The van der Waals surface area contributed by atoms with Crippen molar-refractivity contribution in [2.75, 3.05) is 0 Å². The number of nitrogens with zero attached hydrogens (tertiary/aromatic N) is 5. The topological polar surface area (TPSA) is 63.8 Å². The van der Waals surface area contributed by atoms with Crippen molar-refractivity contribution >= 4 is 28.6 Å². The molecular weight excluding hydrogens is 332 g/mol. The summed E-state index contributed by atoms with van der Waals surface area (Å²) in [6.07, 6.45) is 3.72. The molecule has 0 aliphatic heterocycles. The Balaban J connectivity index is 1.40. The van der Waals surface area contributed by atoms with Gasteiger partial charge in [0.2, 0.25) is 5.78 Å². The van der Waals surface area contributed by atoms with Gasteiger partial charge < -0.3 is 0 Å². The van der Waals surface area contributed by atoms with Gasteiger partial charge in [0.1, 0.15) is 0 Å². The van der Waals surface area contributed by atoms with Crippen LogP contribution < -0.4 is 0 Å². The molecule has 0 fully saturated rings. The number of aromatic nitrogens is 6. The van der Waals surface area contributed by atoms with E-state index in [1.54, 1.807) is 18.0 Å². The maximum Gasteiger partial charge on any atom is 0.231 e. The van der Waals surface area contributed by atoms with Crippen molar-refractivity contribution in [1.82, 2.24) is 29.4 Å². The van der Waals surface area contributed by atoms with E-state index in [9.17, 15) is 0 Å². The van der Waals surface area contributed by atoms with Gasteiger partial charge in [-0.05, 0) is 35.9 Å². The molecule has 3 aromatic heterocycles. The molecule has 0 saturated heterocycles. The number of hydrogen-bond donors (Lipinski definition) is 1. The van der Waals surface area contributed by atoms with E-state index in [4.69, 9.17) is 0 Å². The molecule has 2 aromatic carbocycles. The summed E-state index contributed by atoms with van der Waals surface area (Å²) in [5.41, 5.74) is 4.34. The Morgan fingerprint density at radius 3 is 2.72 bits per heavy atom. The van der Waals surface area contributed by atoms with Gasteiger partial charge in [0, 0.05) is 18.1 Å². The summed E-state index contributed by atoms with van der Waals surface area (Å²) in [7, 11) is 0. The maximum atomic E-state index is 4.55. The van der Waals surface area contributed by atoms with Crippen LogP contribution in [0.1, 0.15) is 5.56 Å². The Hall–Kier alpha value is -3.06. The quantitative estimate of drug-likeness (QED) is 0.504. The predicted molar refractivity (Wildman–Crippen MR) is 98.0 cm³/mol. The largest absolute Gasteiger partial charge is 0.254 e. The van der Waals surface area contributed by atoms with E-state index in [1.807, 2.05) is 35.1 Å². The van der Waals surface area contributed by atoms with Crippen molar-refractivity contribution in [3.8, 4) is 5.69 Å². The van der Waals surface area contributed by atoms with E-state index in [1.165, 1.54) is 5.56 Å². The molecule has 0 aliphatic rings. The molecule has 6 nitrogen and oxygen atoms in total. The highest BCUT2D eigenvalue weighted by Crippen LogP contribution is 2.25. The van der Waals surface area contributed by atoms with Gasteiger partial charge in [-0.3, -0.25) is 4.40 Å². The fourth-order valence-corrected chi connectivity index (χ4v) is 3.77. The number of thioether (sulfide) groups is 1. The van der Waals surface area contributed by atoms with Crippen molar-refractivity contribution < 1.29 is 0 Å². The summed E-state index contributed by atoms with van der Waals surface area (Å²) >= 11 is 1.69. The van der Waals surface area contributed by atoms with Crippen LogP contribution in [0, 0.1) is 0 Å². The number of nitrogens with one attached hydrogen (secondary N) is 1. The lowest BCUT2D eigenvalue weighted by molar-refractivity contribution is 0.880. The van der Waals surface area contributed by atoms with Crippen LogP contribution in [0.4, 0.5) is 0 Å². The second-order valence-corrected chi connectivity index (χ2v) is 6.61. The molecule has 0 atom stereocenters. The normalized spacial score (nSPS) is 11.5. The predicted octanol–water partition coefficient (Wildman–Crippen LogP) is 3.69. The minimum absolute atomic E-state index is 0.776. The molecule has 122 valence electrons. The molecule has 0 bridgehead atoms. The summed E-state index contributed by atoms with van der Waals surface area (Å²) < 4.78 is 3.92. The molecule has 5 aromatic rings. The van der Waals surface area contributed by atoms with E-state index in [0.717, 1.165) is 33.4 Å². The van der Waals surface area contributed by atoms with Crippen molar-refractivity contribution in [3.63, 3.8) is 0 Å². The summed E-state index contributed by atoms with van der Waals surface area (Å²) in [5, 5.41) is 12.6. The first-order chi connectivity index (χ1) is 12.4. The average Bonchev–Trinajstić information content (AvgIpc) is 3.37. The molecule has 0 amide bonds. The fraction of sp³-hybridized carbons (Fsp3) is 0.0556. The van der Waals surface area contributed by atoms with Crippen molar-refractivity contribution in [2.24, 2.45) is 0 Å². The van der Waals surface area contributed by atoms with Crippen molar-refractivity contribution in [1.29, 1.82) is 0 Å². The van der Waals surface area contributed by atoms with Crippen LogP contribution in [-0.2, 0) is 5.75 Å². The molecule has 0 unspecified atom stereocenters. The van der Waals surface area contributed by atoms with Gasteiger partial charge in [0.25, 0.3) is 0 Å². The maximum absolute atomic E-state index is 4.55. The summed E-state index contributed by atoms with van der Waals surface area (Å²) in [4.78, 5) is 4.55. The van der Waals surface area contributed by atoms with Crippen LogP contribution in [0.15, 0.2) is 72.1 Å². The Morgan fingerprint density at radius 2 is 1.88 bits per heavy atom. The van der Waals surface area contributed by atoms with Gasteiger partial charge in [-0.1, -0.05) is 36.0 Å². The molecule has 0 saturated carbocycles. The minimum atomic E-state index is 0.776. The first-order valence-corrected chi connectivity index (χ1v) is 8.90. The van der Waals surface area contributed by atoms with E-state index < -0.39 is 0 Å². The number of para-hydroxylation sites is 2. The van der Waals surface area contributed by atoms with Crippen molar-refractivity contribution in [2.45, 2.75) is 10.9 Å². The molecule has 25 heavy (non-hydrogen) atoms. The van der Waals surface area contributed by atoms with Crippen LogP contribution >= 0.6 is 11.8 Å². The van der Waals surface area contributed by atoms with E-state index in [0.29, 0.717) is 0 Å². The standard InChI is InChI=1S/C18H14N6S/c1-2-5-16-15(4-1)20-17-21-22-18(24(16)17)25-12-13-6-8-14(9-7-13)23-11-3-10-19-23/h1-11H,12H2,(H,20,21). The van der Waals surface area contributed by atoms with Gasteiger partial charge >= 0.3 is 0 Å². The Bertz CT molecular complexity index is 1140. The van der Waals surface area contributed by atoms with Gasteiger partial charge in [-0.25, -0.2) is 14.8 Å². The highest BCUT2D eigenvalue weighted by atomic mass is 32.2. The zero-order valence-electron chi connectivity index (χ0n) is 13.2. The Kier molecular flexibility index (Phi) is 3.31. The van der Waals surface area contributed by atoms with E-state index in [2.05, 4.69) is 55.0 Å². The number of imidazole rings is 1. The number of rotatable bonds is 4. The number of H-pyrrole nitrogens is 1. The van der Waals surface area contributed by atoms with E-state index in [-0.39, 0.29) is 0 Å². The SMILES string of the molecule is c1ccc2c(c1)nc1[nH]nc(SCc3ccc(-n4cccn4)cc3)n12. The van der Waals surface area contributed by atoms with Crippen LogP contribution in [-0.4, -0.2) is 29.4 Å². The second-order valence-electron chi connectivity index (χ2n) is 5.67. The van der Waals surface area contributed by atoms with Crippen LogP contribution in [0.5, 0.6) is 0 Å². The third-order valence-electron chi connectivity index (χ3n) is 4.08. The lowest BCUT2D eigenvalue weighted by Gasteiger charge is -2.04. The third kappa shape index (κ3) is 2.49. The smallest absolute Gasteiger partial charge is 0.231 e. The van der Waals surface area contributed by atoms with Gasteiger partial charge in [0.05, 0.1) is 16.7 Å². The highest BCUT2D eigenvalue weighted by molar-refractivity contribution is 7.98. The van der Waals surface area contributed by atoms with Crippen LogP contribution in [0.2, 0.25) is 0 Å². The first kappa shape index (κ1) is 14.3. The highest BCUT2D eigenvalue weighted by Gasteiger charge is 2.11. The first-order valence-electron chi connectivity index (χ1n) is 7.92.